The van der Waals surface area contributed by atoms with Crippen LogP contribution in [0, 0.1) is 0 Å². The van der Waals surface area contributed by atoms with Crippen LogP contribution in [0.1, 0.15) is 12.8 Å². The first-order valence-electron chi connectivity index (χ1n) is 6.07. The summed E-state index contributed by atoms with van der Waals surface area (Å²) in [6.45, 7) is 0.547. The first-order valence-corrected chi connectivity index (χ1v) is 7.55. The van der Waals surface area contributed by atoms with Gasteiger partial charge >= 0.3 is 5.51 Å². The zero-order chi connectivity index (χ0) is 15.0. The van der Waals surface area contributed by atoms with E-state index in [1.165, 1.54) is 23.1 Å². The molecule has 0 aromatic heterocycles. The first-order chi connectivity index (χ1) is 9.23. The topological polar surface area (TPSA) is 57.6 Å². The second-order valence-corrected chi connectivity index (χ2v) is 6.57. The van der Waals surface area contributed by atoms with Crippen molar-refractivity contribution in [1.82, 2.24) is 0 Å². The smallest absolute Gasteiger partial charge is 0.391 e. The lowest BCUT2D eigenvalue weighted by Gasteiger charge is -2.33. The Kier molecular flexibility index (Phi) is 3.97. The van der Waals surface area contributed by atoms with Crippen molar-refractivity contribution in [3.63, 3.8) is 0 Å². The second-order valence-electron chi connectivity index (χ2n) is 4.66. The maximum Gasteiger partial charge on any atom is 0.501 e. The third-order valence-electron chi connectivity index (χ3n) is 3.20. The van der Waals surface area contributed by atoms with Crippen molar-refractivity contribution in [2.75, 3.05) is 18.0 Å². The lowest BCUT2D eigenvalue weighted by atomic mass is 10.1. The maximum absolute atomic E-state index is 12.7. The molecular weight excluding hydrogens is 295 g/mol. The van der Waals surface area contributed by atoms with E-state index in [2.05, 4.69) is 0 Å². The molecule has 1 aromatic rings. The van der Waals surface area contributed by atoms with Crippen molar-refractivity contribution in [2.45, 2.75) is 29.3 Å². The highest BCUT2D eigenvalue weighted by Gasteiger charge is 2.48. The number of halogens is 3. The number of sulfone groups is 1. The monoisotopic (exact) mass is 309 g/mol. The molecule has 0 unspecified atom stereocenters. The Hall–Kier alpha value is -1.28. The Bertz CT molecular complexity index is 586. The number of para-hydroxylation sites is 1. The molecule has 1 fully saturated rings. The minimum Gasteiger partial charge on any atom is -0.391 e. The number of alkyl halides is 3. The van der Waals surface area contributed by atoms with Crippen molar-refractivity contribution in [1.29, 1.82) is 0 Å². The molecule has 2 rings (SSSR count). The lowest BCUT2D eigenvalue weighted by molar-refractivity contribution is -0.0435. The van der Waals surface area contributed by atoms with E-state index in [0.29, 0.717) is 19.4 Å². The third-order valence-corrected chi connectivity index (χ3v) is 4.73. The highest BCUT2D eigenvalue weighted by Crippen LogP contribution is 2.36. The minimum atomic E-state index is -5.40. The zero-order valence-electron chi connectivity index (χ0n) is 10.5. The Morgan fingerprint density at radius 2 is 1.90 bits per heavy atom. The van der Waals surface area contributed by atoms with Crippen molar-refractivity contribution < 1.29 is 26.7 Å². The normalized spacial score (nSPS) is 21.0. The van der Waals surface area contributed by atoms with Gasteiger partial charge in [0.15, 0.2) is 0 Å². The average Bonchev–Trinajstić information content (AvgIpc) is 2.37. The van der Waals surface area contributed by atoms with E-state index in [4.69, 9.17) is 0 Å². The standard InChI is InChI=1S/C12H14F3NO3S/c13-12(14,15)20(18,19)11-6-2-1-5-10(11)16-7-3-4-9(17)8-16/h1-2,5-6,9,17H,3-4,7-8H2/t9-/m0/s1. The average molecular weight is 309 g/mol. The third kappa shape index (κ3) is 2.76. The van der Waals surface area contributed by atoms with Gasteiger partial charge in [-0.1, -0.05) is 12.1 Å². The summed E-state index contributed by atoms with van der Waals surface area (Å²) < 4.78 is 61.2. The largest absolute Gasteiger partial charge is 0.501 e. The van der Waals surface area contributed by atoms with Gasteiger partial charge < -0.3 is 10.0 Å². The molecule has 0 aliphatic carbocycles. The van der Waals surface area contributed by atoms with Gasteiger partial charge in [0.25, 0.3) is 9.84 Å². The highest BCUT2D eigenvalue weighted by molar-refractivity contribution is 7.92. The molecule has 20 heavy (non-hydrogen) atoms. The second kappa shape index (κ2) is 5.25. The molecule has 4 nitrogen and oxygen atoms in total. The summed E-state index contributed by atoms with van der Waals surface area (Å²) in [5, 5.41) is 9.58. The summed E-state index contributed by atoms with van der Waals surface area (Å²) in [5.74, 6) is 0. The van der Waals surface area contributed by atoms with Crippen LogP contribution in [0.25, 0.3) is 0 Å². The molecular formula is C12H14F3NO3S. The molecule has 0 bridgehead atoms. The van der Waals surface area contributed by atoms with Gasteiger partial charge in [0.05, 0.1) is 16.7 Å². The molecule has 0 saturated carbocycles. The van der Waals surface area contributed by atoms with E-state index in [1.807, 2.05) is 0 Å². The van der Waals surface area contributed by atoms with E-state index in [0.717, 1.165) is 6.07 Å². The van der Waals surface area contributed by atoms with Crippen molar-refractivity contribution in [3.05, 3.63) is 24.3 Å². The maximum atomic E-state index is 12.7. The summed E-state index contributed by atoms with van der Waals surface area (Å²) in [4.78, 5) is 0.717. The highest BCUT2D eigenvalue weighted by atomic mass is 32.2. The predicted molar refractivity (Wildman–Crippen MR) is 67.1 cm³/mol. The number of aliphatic hydroxyl groups excluding tert-OH is 1. The number of hydrogen-bond donors (Lipinski definition) is 1. The molecule has 1 aliphatic heterocycles. The minimum absolute atomic E-state index is 0.0106. The number of hydrogen-bond acceptors (Lipinski definition) is 4. The number of aliphatic hydroxyl groups is 1. The van der Waals surface area contributed by atoms with Crippen LogP contribution < -0.4 is 4.90 Å². The van der Waals surface area contributed by atoms with Gasteiger partial charge in [-0.3, -0.25) is 0 Å². The van der Waals surface area contributed by atoms with Gasteiger partial charge in [-0.2, -0.15) is 13.2 Å². The summed E-state index contributed by atoms with van der Waals surface area (Å²) in [6, 6.07) is 5.00. The Morgan fingerprint density at radius 1 is 1.25 bits per heavy atom. The van der Waals surface area contributed by atoms with Crippen LogP contribution in [-0.4, -0.2) is 38.2 Å². The fourth-order valence-corrected chi connectivity index (χ4v) is 3.22. The number of β-amino-alcohol motifs (C(OH)–C–C–N with tert-alkyl or cyclic N) is 1. The summed E-state index contributed by atoms with van der Waals surface area (Å²) in [7, 11) is -5.40. The molecule has 0 spiro atoms. The molecule has 8 heteroatoms. The van der Waals surface area contributed by atoms with E-state index in [-0.39, 0.29) is 12.2 Å². The quantitative estimate of drug-likeness (QED) is 0.907. The van der Waals surface area contributed by atoms with Crippen LogP contribution in [0.15, 0.2) is 29.2 Å². The fraction of sp³-hybridized carbons (Fsp3) is 0.500. The predicted octanol–water partition coefficient (Wildman–Crippen LogP) is 1.94. The van der Waals surface area contributed by atoms with Crippen LogP contribution in [0.4, 0.5) is 18.9 Å². The van der Waals surface area contributed by atoms with Gasteiger partial charge in [0, 0.05) is 13.1 Å². The molecule has 1 saturated heterocycles. The number of rotatable bonds is 2. The van der Waals surface area contributed by atoms with Crippen LogP contribution in [0.5, 0.6) is 0 Å². The van der Waals surface area contributed by atoms with Gasteiger partial charge in [-0.15, -0.1) is 0 Å². The Balaban J connectivity index is 2.46. The SMILES string of the molecule is O=S(=O)(c1ccccc1N1CCC[C@H](O)C1)C(F)(F)F. The lowest BCUT2D eigenvalue weighted by Crippen LogP contribution is -2.39. The summed E-state index contributed by atoms with van der Waals surface area (Å²) >= 11 is 0. The summed E-state index contributed by atoms with van der Waals surface area (Å²) in [5.41, 5.74) is -5.35. The number of benzene rings is 1. The Labute approximate surface area is 114 Å². The number of piperidine rings is 1. The van der Waals surface area contributed by atoms with Gasteiger partial charge in [0.1, 0.15) is 0 Å². The van der Waals surface area contributed by atoms with Gasteiger partial charge in [0.2, 0.25) is 0 Å². The van der Waals surface area contributed by atoms with Crippen LogP contribution in [-0.2, 0) is 9.84 Å². The molecule has 0 amide bonds. The molecule has 1 atom stereocenters. The fourth-order valence-electron chi connectivity index (χ4n) is 2.24. The van der Waals surface area contributed by atoms with Crippen LogP contribution >= 0.6 is 0 Å². The van der Waals surface area contributed by atoms with E-state index >= 15 is 0 Å². The van der Waals surface area contributed by atoms with E-state index < -0.39 is 26.3 Å². The van der Waals surface area contributed by atoms with Crippen LogP contribution in [0.3, 0.4) is 0 Å². The molecule has 112 valence electrons. The molecule has 1 heterocycles. The van der Waals surface area contributed by atoms with Gasteiger partial charge in [-0.25, -0.2) is 8.42 Å². The van der Waals surface area contributed by atoms with E-state index in [9.17, 15) is 26.7 Å². The molecule has 0 radical (unpaired) electrons. The first kappa shape index (κ1) is 15.1. The summed E-state index contributed by atoms with van der Waals surface area (Å²) in [6.07, 6.45) is 0.497. The molecule has 1 aromatic carbocycles. The van der Waals surface area contributed by atoms with Gasteiger partial charge in [-0.05, 0) is 25.0 Å². The number of nitrogens with zero attached hydrogens (tertiary/aromatic N) is 1. The number of anilines is 1. The van der Waals surface area contributed by atoms with Crippen molar-refractivity contribution >= 4 is 15.5 Å². The van der Waals surface area contributed by atoms with Crippen molar-refractivity contribution in [3.8, 4) is 0 Å². The van der Waals surface area contributed by atoms with E-state index in [1.54, 1.807) is 0 Å². The zero-order valence-corrected chi connectivity index (χ0v) is 11.3. The van der Waals surface area contributed by atoms with Crippen molar-refractivity contribution in [2.24, 2.45) is 0 Å². The molecule has 1 aliphatic rings. The Morgan fingerprint density at radius 3 is 2.50 bits per heavy atom. The molecule has 1 N–H and O–H groups in total. The van der Waals surface area contributed by atoms with Crippen LogP contribution in [0.2, 0.25) is 0 Å².